The van der Waals surface area contributed by atoms with E-state index in [-0.39, 0.29) is 0 Å². The zero-order valence-corrected chi connectivity index (χ0v) is 10.9. The number of carboxylic acid groups (broad SMARTS) is 1. The standard InChI is InChI=1S/C12H12N2O4S/c1-8(12(15)16)19(17,18)14-11-4-2-3-9-7-13-6-5-10(9)11/h2-8,14H,1H3,(H,15,16). The smallest absolute Gasteiger partial charge is 0.323 e. The zero-order chi connectivity index (χ0) is 14.0. The van der Waals surface area contributed by atoms with Gasteiger partial charge in [-0.05, 0) is 19.1 Å². The lowest BCUT2D eigenvalue weighted by atomic mass is 10.1. The monoisotopic (exact) mass is 280 g/mol. The number of aliphatic carboxylic acids is 1. The first-order valence-corrected chi connectivity index (χ1v) is 7.03. The minimum absolute atomic E-state index is 0.341. The predicted octanol–water partition coefficient (Wildman–Crippen LogP) is 1.45. The molecule has 2 N–H and O–H groups in total. The van der Waals surface area contributed by atoms with Gasteiger partial charge in [0.05, 0.1) is 5.69 Å². The molecule has 0 saturated heterocycles. The quantitative estimate of drug-likeness (QED) is 0.883. The zero-order valence-electron chi connectivity index (χ0n) is 10.1. The van der Waals surface area contributed by atoms with Crippen molar-refractivity contribution in [1.29, 1.82) is 0 Å². The Bertz CT molecular complexity index is 722. The first-order valence-electron chi connectivity index (χ1n) is 5.49. The van der Waals surface area contributed by atoms with E-state index in [9.17, 15) is 13.2 Å². The molecule has 7 heteroatoms. The molecule has 2 aromatic rings. The van der Waals surface area contributed by atoms with Crippen LogP contribution in [0.2, 0.25) is 0 Å². The predicted molar refractivity (Wildman–Crippen MR) is 71.4 cm³/mol. The normalized spacial score (nSPS) is 13.1. The van der Waals surface area contributed by atoms with Crippen molar-refractivity contribution in [3.63, 3.8) is 0 Å². The molecule has 1 atom stereocenters. The average Bonchev–Trinajstić information content (AvgIpc) is 2.38. The number of fused-ring (bicyclic) bond motifs is 1. The van der Waals surface area contributed by atoms with Crippen molar-refractivity contribution < 1.29 is 18.3 Å². The highest BCUT2D eigenvalue weighted by molar-refractivity contribution is 7.94. The molecule has 1 unspecified atom stereocenters. The summed E-state index contributed by atoms with van der Waals surface area (Å²) >= 11 is 0. The number of nitrogens with one attached hydrogen (secondary N) is 1. The van der Waals surface area contributed by atoms with Crippen LogP contribution in [0.15, 0.2) is 36.7 Å². The van der Waals surface area contributed by atoms with Crippen LogP contribution in [-0.2, 0) is 14.8 Å². The number of hydrogen-bond acceptors (Lipinski definition) is 4. The highest BCUT2D eigenvalue weighted by atomic mass is 32.2. The fourth-order valence-corrected chi connectivity index (χ4v) is 2.51. The van der Waals surface area contributed by atoms with Gasteiger partial charge < -0.3 is 5.11 Å². The summed E-state index contributed by atoms with van der Waals surface area (Å²) in [4.78, 5) is 14.7. The van der Waals surface area contributed by atoms with Crippen LogP contribution in [0.25, 0.3) is 10.8 Å². The van der Waals surface area contributed by atoms with E-state index < -0.39 is 21.2 Å². The van der Waals surface area contributed by atoms with Crippen molar-refractivity contribution in [3.05, 3.63) is 36.7 Å². The molecule has 0 amide bonds. The molecule has 19 heavy (non-hydrogen) atoms. The minimum atomic E-state index is -3.97. The van der Waals surface area contributed by atoms with Crippen LogP contribution in [-0.4, -0.2) is 29.7 Å². The molecular weight excluding hydrogens is 268 g/mol. The second kappa shape index (κ2) is 4.85. The lowest BCUT2D eigenvalue weighted by Crippen LogP contribution is -2.32. The number of nitrogens with zero attached hydrogens (tertiary/aromatic N) is 1. The molecule has 1 aromatic carbocycles. The topological polar surface area (TPSA) is 96.4 Å². The molecule has 1 aromatic heterocycles. The number of anilines is 1. The number of sulfonamides is 1. The highest BCUT2D eigenvalue weighted by Gasteiger charge is 2.27. The largest absolute Gasteiger partial charge is 0.480 e. The Hall–Kier alpha value is -2.15. The van der Waals surface area contributed by atoms with Gasteiger partial charge in [0.25, 0.3) is 0 Å². The van der Waals surface area contributed by atoms with E-state index in [1.807, 2.05) is 0 Å². The van der Waals surface area contributed by atoms with Gasteiger partial charge in [0, 0.05) is 23.2 Å². The van der Waals surface area contributed by atoms with Gasteiger partial charge in [0.2, 0.25) is 10.0 Å². The van der Waals surface area contributed by atoms with Crippen LogP contribution in [0.5, 0.6) is 0 Å². The second-order valence-electron chi connectivity index (χ2n) is 4.03. The molecule has 0 bridgehead atoms. The molecule has 0 aliphatic carbocycles. The lowest BCUT2D eigenvalue weighted by molar-refractivity contribution is -0.136. The molecule has 0 radical (unpaired) electrons. The molecule has 1 heterocycles. The molecular formula is C12H12N2O4S. The van der Waals surface area contributed by atoms with Crippen molar-refractivity contribution >= 4 is 32.5 Å². The number of hydrogen-bond donors (Lipinski definition) is 2. The van der Waals surface area contributed by atoms with Gasteiger partial charge in [0.1, 0.15) is 0 Å². The van der Waals surface area contributed by atoms with Gasteiger partial charge in [-0.3, -0.25) is 14.5 Å². The molecule has 0 fully saturated rings. The Morgan fingerprint density at radius 2 is 2.11 bits per heavy atom. The van der Waals surface area contributed by atoms with E-state index in [2.05, 4.69) is 9.71 Å². The molecule has 100 valence electrons. The van der Waals surface area contributed by atoms with E-state index in [4.69, 9.17) is 5.11 Å². The number of carbonyl (C=O) groups is 1. The van der Waals surface area contributed by atoms with E-state index in [1.54, 1.807) is 36.7 Å². The van der Waals surface area contributed by atoms with E-state index in [0.29, 0.717) is 11.1 Å². The Morgan fingerprint density at radius 3 is 2.79 bits per heavy atom. The average molecular weight is 280 g/mol. The first kappa shape index (κ1) is 13.3. The maximum absolute atomic E-state index is 11.9. The van der Waals surface area contributed by atoms with E-state index in [0.717, 1.165) is 12.3 Å². The van der Waals surface area contributed by atoms with Crippen LogP contribution in [0.3, 0.4) is 0 Å². The molecule has 0 saturated carbocycles. The Kier molecular flexibility index (Phi) is 3.39. The molecule has 0 aliphatic rings. The summed E-state index contributed by atoms with van der Waals surface area (Å²) in [5.41, 5.74) is 0.341. The van der Waals surface area contributed by atoms with Gasteiger partial charge in [0.15, 0.2) is 5.25 Å². The van der Waals surface area contributed by atoms with Crippen LogP contribution >= 0.6 is 0 Å². The van der Waals surface area contributed by atoms with Crippen LogP contribution in [0.1, 0.15) is 6.92 Å². The maximum atomic E-state index is 11.9. The third-order valence-corrected chi connectivity index (χ3v) is 4.38. The van der Waals surface area contributed by atoms with Gasteiger partial charge >= 0.3 is 5.97 Å². The first-order chi connectivity index (χ1) is 8.92. The van der Waals surface area contributed by atoms with Crippen LogP contribution in [0.4, 0.5) is 5.69 Å². The van der Waals surface area contributed by atoms with E-state index in [1.165, 1.54) is 0 Å². The van der Waals surface area contributed by atoms with Gasteiger partial charge in [-0.15, -0.1) is 0 Å². The van der Waals surface area contributed by atoms with Gasteiger partial charge in [-0.25, -0.2) is 8.42 Å². The molecule has 2 rings (SSSR count). The fourth-order valence-electron chi connectivity index (χ4n) is 1.59. The fraction of sp³-hybridized carbons (Fsp3) is 0.167. The SMILES string of the molecule is CC(C(=O)O)S(=O)(=O)Nc1cccc2cnccc12. The number of pyridine rings is 1. The van der Waals surface area contributed by atoms with Gasteiger partial charge in [-0.1, -0.05) is 12.1 Å². The molecule has 6 nitrogen and oxygen atoms in total. The summed E-state index contributed by atoms with van der Waals surface area (Å²) in [6.45, 7) is 1.12. The summed E-state index contributed by atoms with van der Waals surface area (Å²) in [6, 6.07) is 6.71. The van der Waals surface area contributed by atoms with Crippen molar-refractivity contribution in [2.75, 3.05) is 4.72 Å². The summed E-state index contributed by atoms with van der Waals surface area (Å²) < 4.78 is 26.1. The summed E-state index contributed by atoms with van der Waals surface area (Å²) in [5.74, 6) is -1.39. The number of carboxylic acids is 1. The third kappa shape index (κ3) is 2.65. The molecule has 0 spiro atoms. The molecule has 0 aliphatic heterocycles. The summed E-state index contributed by atoms with van der Waals surface area (Å²) in [7, 11) is -3.97. The Morgan fingerprint density at radius 1 is 1.37 bits per heavy atom. The minimum Gasteiger partial charge on any atom is -0.480 e. The number of rotatable bonds is 4. The van der Waals surface area contributed by atoms with Crippen molar-refractivity contribution in [2.24, 2.45) is 0 Å². The number of aromatic nitrogens is 1. The van der Waals surface area contributed by atoms with E-state index >= 15 is 0 Å². The van der Waals surface area contributed by atoms with Crippen molar-refractivity contribution in [2.45, 2.75) is 12.2 Å². The highest BCUT2D eigenvalue weighted by Crippen LogP contribution is 2.23. The third-order valence-electron chi connectivity index (χ3n) is 2.75. The summed E-state index contributed by atoms with van der Waals surface area (Å²) in [5, 5.41) is 8.69. The second-order valence-corrected chi connectivity index (χ2v) is 6.03. The number of benzene rings is 1. The van der Waals surface area contributed by atoms with Crippen molar-refractivity contribution in [3.8, 4) is 0 Å². The lowest BCUT2D eigenvalue weighted by Gasteiger charge is -2.12. The Labute approximate surface area is 110 Å². The summed E-state index contributed by atoms with van der Waals surface area (Å²) in [6.07, 6.45) is 3.15. The maximum Gasteiger partial charge on any atom is 0.323 e. The van der Waals surface area contributed by atoms with Crippen LogP contribution < -0.4 is 4.72 Å². The van der Waals surface area contributed by atoms with Crippen molar-refractivity contribution in [1.82, 2.24) is 4.98 Å². The van der Waals surface area contributed by atoms with Crippen LogP contribution in [0, 0.1) is 0 Å². The van der Waals surface area contributed by atoms with Gasteiger partial charge in [-0.2, -0.15) is 0 Å². The Balaban J connectivity index is 2.45.